The van der Waals surface area contributed by atoms with Gasteiger partial charge in [-0.1, -0.05) is 12.1 Å². The summed E-state index contributed by atoms with van der Waals surface area (Å²) in [6, 6.07) is 13.7. The van der Waals surface area contributed by atoms with Crippen molar-refractivity contribution in [2.75, 3.05) is 0 Å². The Morgan fingerprint density at radius 3 is 2.35 bits per heavy atom. The number of benzene rings is 3. The molecule has 4 rings (SSSR count). The number of fused-ring (bicyclic) bond motifs is 3. The molecule has 4 aromatic rings. The quantitative estimate of drug-likeness (QED) is 0.591. The van der Waals surface area contributed by atoms with Crippen LogP contribution in [-0.4, -0.2) is 10.5 Å². The fourth-order valence-corrected chi connectivity index (χ4v) is 3.25. The van der Waals surface area contributed by atoms with E-state index < -0.39 is 23.4 Å². The Kier molecular flexibility index (Phi) is 3.68. The number of primary amides is 1. The maximum Gasteiger partial charge on any atom is 0.249 e. The lowest BCUT2D eigenvalue weighted by Crippen LogP contribution is -2.11. The molecule has 0 aliphatic rings. The van der Waals surface area contributed by atoms with E-state index in [2.05, 4.69) is 6.07 Å². The SMILES string of the molecule is NC(=O)c1cccc2c1c1[c]c(F)ccc1n2Cc1c(F)cccc1F. The average Bonchev–Trinajstić information content (AvgIpc) is 2.91. The van der Waals surface area contributed by atoms with Gasteiger partial charge in [0.15, 0.2) is 0 Å². The van der Waals surface area contributed by atoms with E-state index in [1.165, 1.54) is 36.4 Å². The summed E-state index contributed by atoms with van der Waals surface area (Å²) in [7, 11) is 0. The Bertz CT molecular complexity index is 1160. The summed E-state index contributed by atoms with van der Waals surface area (Å²) in [5.41, 5.74) is 6.53. The molecule has 1 aromatic heterocycles. The van der Waals surface area contributed by atoms with Gasteiger partial charge in [0, 0.05) is 28.0 Å². The minimum absolute atomic E-state index is 0.125. The topological polar surface area (TPSA) is 48.0 Å². The van der Waals surface area contributed by atoms with Gasteiger partial charge in [-0.3, -0.25) is 4.79 Å². The molecular weight excluding hydrogens is 341 g/mol. The molecule has 1 radical (unpaired) electrons. The zero-order valence-corrected chi connectivity index (χ0v) is 13.4. The predicted molar refractivity (Wildman–Crippen MR) is 92.2 cm³/mol. The highest BCUT2D eigenvalue weighted by Crippen LogP contribution is 2.33. The van der Waals surface area contributed by atoms with Gasteiger partial charge in [-0.25, -0.2) is 13.2 Å². The lowest BCUT2D eigenvalue weighted by molar-refractivity contribution is 0.100. The third kappa shape index (κ3) is 2.42. The maximum atomic E-state index is 14.1. The summed E-state index contributed by atoms with van der Waals surface area (Å²) in [4.78, 5) is 11.8. The van der Waals surface area contributed by atoms with E-state index in [4.69, 9.17) is 5.73 Å². The zero-order chi connectivity index (χ0) is 18.4. The van der Waals surface area contributed by atoms with Crippen molar-refractivity contribution in [1.29, 1.82) is 0 Å². The van der Waals surface area contributed by atoms with Crippen molar-refractivity contribution in [1.82, 2.24) is 4.57 Å². The van der Waals surface area contributed by atoms with Crippen molar-refractivity contribution < 1.29 is 18.0 Å². The molecule has 26 heavy (non-hydrogen) atoms. The molecule has 0 saturated carbocycles. The van der Waals surface area contributed by atoms with Crippen LogP contribution in [0.1, 0.15) is 15.9 Å². The molecule has 0 unspecified atom stereocenters. The number of aromatic nitrogens is 1. The Hall–Kier alpha value is -3.28. The first-order chi connectivity index (χ1) is 12.5. The van der Waals surface area contributed by atoms with E-state index in [9.17, 15) is 18.0 Å². The van der Waals surface area contributed by atoms with Crippen LogP contribution in [0.15, 0.2) is 48.5 Å². The molecule has 0 aliphatic heterocycles. The molecule has 6 heteroatoms. The van der Waals surface area contributed by atoms with Gasteiger partial charge in [0.05, 0.1) is 17.6 Å². The van der Waals surface area contributed by atoms with Gasteiger partial charge in [-0.2, -0.15) is 0 Å². The van der Waals surface area contributed by atoms with E-state index in [0.29, 0.717) is 21.8 Å². The predicted octanol–water partition coefficient (Wildman–Crippen LogP) is 4.16. The Labute approximate surface area is 146 Å². The summed E-state index contributed by atoms with van der Waals surface area (Å²) in [6.45, 7) is -0.125. The molecule has 0 atom stereocenters. The summed E-state index contributed by atoms with van der Waals surface area (Å²) < 4.78 is 43.6. The molecule has 1 heterocycles. The van der Waals surface area contributed by atoms with Crippen molar-refractivity contribution in [3.8, 4) is 0 Å². The van der Waals surface area contributed by atoms with Crippen LogP contribution in [0.3, 0.4) is 0 Å². The third-order valence-electron chi connectivity index (χ3n) is 4.41. The molecule has 0 aliphatic carbocycles. The van der Waals surface area contributed by atoms with Crippen molar-refractivity contribution in [3.63, 3.8) is 0 Å². The molecule has 3 aromatic carbocycles. The van der Waals surface area contributed by atoms with E-state index in [1.807, 2.05) is 0 Å². The minimum Gasteiger partial charge on any atom is -0.366 e. The van der Waals surface area contributed by atoms with Gasteiger partial charge >= 0.3 is 0 Å². The van der Waals surface area contributed by atoms with Crippen LogP contribution in [0.2, 0.25) is 0 Å². The van der Waals surface area contributed by atoms with Crippen molar-refractivity contribution in [2.45, 2.75) is 6.54 Å². The van der Waals surface area contributed by atoms with E-state index in [1.54, 1.807) is 16.7 Å². The second kappa shape index (κ2) is 5.91. The largest absolute Gasteiger partial charge is 0.366 e. The first kappa shape index (κ1) is 16.2. The standard InChI is InChI=1S/C20H12F3N2O/c21-11-7-8-17-13(9-11)19-12(20(24)26)3-1-6-18(19)25(17)10-14-15(22)4-2-5-16(14)23/h1-8H,10H2,(H2,24,26). The highest BCUT2D eigenvalue weighted by molar-refractivity contribution is 6.17. The van der Waals surface area contributed by atoms with Gasteiger partial charge in [0.2, 0.25) is 5.91 Å². The monoisotopic (exact) mass is 353 g/mol. The summed E-state index contributed by atoms with van der Waals surface area (Å²) in [5.74, 6) is -2.65. The van der Waals surface area contributed by atoms with Gasteiger partial charge in [0.1, 0.15) is 17.5 Å². The normalized spacial score (nSPS) is 11.3. The number of halogens is 3. The summed E-state index contributed by atoms with van der Waals surface area (Å²) in [5, 5.41) is 0.748. The molecule has 2 N–H and O–H groups in total. The van der Waals surface area contributed by atoms with Gasteiger partial charge < -0.3 is 10.3 Å². The van der Waals surface area contributed by atoms with Crippen molar-refractivity contribution in [3.05, 3.63) is 83.2 Å². The molecular formula is C20H12F3N2O. The lowest BCUT2D eigenvalue weighted by Gasteiger charge is -2.10. The molecule has 3 nitrogen and oxygen atoms in total. The Morgan fingerprint density at radius 1 is 0.962 bits per heavy atom. The molecule has 1 amide bonds. The highest BCUT2D eigenvalue weighted by atomic mass is 19.1. The first-order valence-electron chi connectivity index (χ1n) is 7.83. The molecule has 0 saturated heterocycles. The van der Waals surface area contributed by atoms with Gasteiger partial charge in [-0.05, 0) is 36.4 Å². The smallest absolute Gasteiger partial charge is 0.249 e. The van der Waals surface area contributed by atoms with Crippen LogP contribution in [0, 0.1) is 23.5 Å². The second-order valence-electron chi connectivity index (χ2n) is 5.92. The number of nitrogens with two attached hydrogens (primary N) is 1. The molecule has 0 spiro atoms. The minimum atomic E-state index is -0.683. The fraction of sp³-hybridized carbons (Fsp3) is 0.0500. The number of nitrogens with zero attached hydrogens (tertiary/aromatic N) is 1. The maximum absolute atomic E-state index is 14.1. The number of amides is 1. The number of carbonyl (C=O) groups is 1. The zero-order valence-electron chi connectivity index (χ0n) is 13.4. The summed E-state index contributed by atoms with van der Waals surface area (Å²) >= 11 is 0. The molecule has 129 valence electrons. The fourth-order valence-electron chi connectivity index (χ4n) is 3.25. The first-order valence-corrected chi connectivity index (χ1v) is 7.83. The van der Waals surface area contributed by atoms with E-state index in [-0.39, 0.29) is 17.7 Å². The van der Waals surface area contributed by atoms with Crippen LogP contribution in [0.4, 0.5) is 13.2 Å². The summed E-state index contributed by atoms with van der Waals surface area (Å²) in [6.07, 6.45) is 0. The van der Waals surface area contributed by atoms with E-state index in [0.717, 1.165) is 0 Å². The van der Waals surface area contributed by atoms with E-state index >= 15 is 0 Å². The van der Waals surface area contributed by atoms with Crippen molar-refractivity contribution >= 4 is 27.7 Å². The van der Waals surface area contributed by atoms with Crippen molar-refractivity contribution in [2.24, 2.45) is 5.73 Å². The average molecular weight is 353 g/mol. The lowest BCUT2D eigenvalue weighted by atomic mass is 10.1. The Morgan fingerprint density at radius 2 is 1.65 bits per heavy atom. The van der Waals surface area contributed by atoms with Crippen LogP contribution in [0.25, 0.3) is 21.8 Å². The second-order valence-corrected chi connectivity index (χ2v) is 5.92. The van der Waals surface area contributed by atoms with Crippen LogP contribution >= 0.6 is 0 Å². The number of hydrogen-bond donors (Lipinski definition) is 1. The van der Waals surface area contributed by atoms with Gasteiger partial charge in [-0.15, -0.1) is 0 Å². The van der Waals surface area contributed by atoms with Gasteiger partial charge in [0.25, 0.3) is 0 Å². The van der Waals surface area contributed by atoms with Crippen LogP contribution in [-0.2, 0) is 6.54 Å². The third-order valence-corrected chi connectivity index (χ3v) is 4.41. The number of hydrogen-bond acceptors (Lipinski definition) is 1. The van der Waals surface area contributed by atoms with Crippen LogP contribution < -0.4 is 5.73 Å². The molecule has 0 fully saturated rings. The molecule has 0 bridgehead atoms. The number of rotatable bonds is 3. The Balaban J connectivity index is 2.08. The van der Waals surface area contributed by atoms with Crippen LogP contribution in [0.5, 0.6) is 0 Å². The number of carbonyl (C=O) groups excluding carboxylic acids is 1. The highest BCUT2D eigenvalue weighted by Gasteiger charge is 2.19.